The second kappa shape index (κ2) is 7.57. The third-order valence-corrected chi connectivity index (χ3v) is 4.70. The molecule has 0 amide bonds. The largest absolute Gasteiger partial charge is 0.329 e. The summed E-state index contributed by atoms with van der Waals surface area (Å²) in [6.07, 6.45) is 11.7. The fraction of sp³-hybridized carbons (Fsp3) is 1.00. The van der Waals surface area contributed by atoms with Crippen LogP contribution in [0.1, 0.15) is 44.9 Å². The molecular formula is C13H28N2S. The van der Waals surface area contributed by atoms with Gasteiger partial charge < -0.3 is 5.73 Å². The fourth-order valence-corrected chi connectivity index (χ4v) is 3.23. The van der Waals surface area contributed by atoms with Crippen molar-refractivity contribution >= 4 is 11.8 Å². The lowest BCUT2D eigenvalue weighted by Crippen LogP contribution is -2.53. The SMILES string of the molecule is CSCCN(C)C1(CN)CCCCCCC1. The van der Waals surface area contributed by atoms with E-state index in [1.165, 1.54) is 57.2 Å². The standard InChI is InChI=1S/C13H28N2S/c1-15(10-11-16-2)13(12-14)8-6-4-3-5-7-9-13/h3-12,14H2,1-2H3. The van der Waals surface area contributed by atoms with E-state index in [-0.39, 0.29) is 0 Å². The van der Waals surface area contributed by atoms with E-state index in [2.05, 4.69) is 18.2 Å². The van der Waals surface area contributed by atoms with Gasteiger partial charge in [0.15, 0.2) is 0 Å². The number of thioether (sulfide) groups is 1. The topological polar surface area (TPSA) is 29.3 Å². The van der Waals surface area contributed by atoms with Crippen LogP contribution in [0, 0.1) is 0 Å². The van der Waals surface area contributed by atoms with E-state index >= 15 is 0 Å². The molecule has 1 saturated carbocycles. The highest BCUT2D eigenvalue weighted by atomic mass is 32.2. The lowest BCUT2D eigenvalue weighted by Gasteiger charge is -2.42. The molecule has 2 nitrogen and oxygen atoms in total. The zero-order chi connectivity index (χ0) is 11.9. The van der Waals surface area contributed by atoms with Crippen LogP contribution in [0.2, 0.25) is 0 Å². The van der Waals surface area contributed by atoms with Gasteiger partial charge in [-0.2, -0.15) is 11.8 Å². The smallest absolute Gasteiger partial charge is 0.0329 e. The maximum Gasteiger partial charge on any atom is 0.0329 e. The molecule has 16 heavy (non-hydrogen) atoms. The van der Waals surface area contributed by atoms with E-state index in [4.69, 9.17) is 5.73 Å². The first kappa shape index (κ1) is 14.3. The molecule has 0 aromatic heterocycles. The van der Waals surface area contributed by atoms with E-state index in [0.717, 1.165) is 6.54 Å². The second-order valence-electron chi connectivity index (χ2n) is 5.11. The molecule has 0 atom stereocenters. The van der Waals surface area contributed by atoms with Gasteiger partial charge in [0.25, 0.3) is 0 Å². The molecule has 3 heteroatoms. The van der Waals surface area contributed by atoms with E-state index in [1.54, 1.807) is 0 Å². The third kappa shape index (κ3) is 3.94. The van der Waals surface area contributed by atoms with Crippen molar-refractivity contribution in [2.24, 2.45) is 5.73 Å². The molecule has 0 heterocycles. The first-order chi connectivity index (χ1) is 7.75. The van der Waals surface area contributed by atoms with E-state index in [1.807, 2.05) is 11.8 Å². The number of likely N-dealkylation sites (N-methyl/N-ethyl adjacent to an activating group) is 1. The van der Waals surface area contributed by atoms with Gasteiger partial charge in [-0.05, 0) is 26.1 Å². The highest BCUT2D eigenvalue weighted by Crippen LogP contribution is 2.30. The Morgan fingerprint density at radius 3 is 2.19 bits per heavy atom. The molecule has 1 rings (SSSR count). The summed E-state index contributed by atoms with van der Waals surface area (Å²) < 4.78 is 0. The lowest BCUT2D eigenvalue weighted by atomic mass is 9.82. The fourth-order valence-electron chi connectivity index (χ4n) is 2.77. The Labute approximate surface area is 105 Å². The summed E-state index contributed by atoms with van der Waals surface area (Å²) in [6.45, 7) is 2.01. The lowest BCUT2D eigenvalue weighted by molar-refractivity contribution is 0.101. The number of hydrogen-bond donors (Lipinski definition) is 1. The minimum absolute atomic E-state index is 0.302. The Morgan fingerprint density at radius 1 is 1.12 bits per heavy atom. The zero-order valence-corrected chi connectivity index (χ0v) is 11.8. The third-order valence-electron chi connectivity index (χ3n) is 4.10. The Morgan fingerprint density at radius 2 is 1.69 bits per heavy atom. The summed E-state index contributed by atoms with van der Waals surface area (Å²) in [5.41, 5.74) is 6.38. The second-order valence-corrected chi connectivity index (χ2v) is 6.10. The molecule has 0 aromatic carbocycles. The Hall–Kier alpha value is 0.270. The summed E-state index contributed by atoms with van der Waals surface area (Å²) in [4.78, 5) is 2.54. The van der Waals surface area contributed by atoms with Crippen molar-refractivity contribution < 1.29 is 0 Å². The van der Waals surface area contributed by atoms with Crippen LogP contribution in [0.25, 0.3) is 0 Å². The predicted molar refractivity (Wildman–Crippen MR) is 75.1 cm³/mol. The Kier molecular flexibility index (Phi) is 6.78. The van der Waals surface area contributed by atoms with Crippen LogP contribution in [-0.4, -0.2) is 42.6 Å². The summed E-state index contributed by atoms with van der Waals surface area (Å²) in [5, 5.41) is 0. The van der Waals surface area contributed by atoms with Crippen molar-refractivity contribution in [3.63, 3.8) is 0 Å². The molecule has 2 N–H and O–H groups in total. The molecular weight excluding hydrogens is 216 g/mol. The molecule has 0 aromatic rings. The molecule has 1 fully saturated rings. The average Bonchev–Trinajstić information content (AvgIpc) is 2.26. The van der Waals surface area contributed by atoms with Crippen LogP contribution < -0.4 is 5.73 Å². The van der Waals surface area contributed by atoms with Crippen molar-refractivity contribution in [2.45, 2.75) is 50.5 Å². The molecule has 0 aliphatic heterocycles. The predicted octanol–water partition coefficient (Wildman–Crippen LogP) is 2.72. The minimum atomic E-state index is 0.302. The Balaban J connectivity index is 2.56. The van der Waals surface area contributed by atoms with Crippen molar-refractivity contribution in [3.05, 3.63) is 0 Å². The van der Waals surface area contributed by atoms with Crippen LogP contribution in [0.15, 0.2) is 0 Å². The quantitative estimate of drug-likeness (QED) is 0.806. The Bertz CT molecular complexity index is 177. The van der Waals surface area contributed by atoms with Gasteiger partial charge in [-0.25, -0.2) is 0 Å². The monoisotopic (exact) mass is 244 g/mol. The molecule has 0 saturated heterocycles. The first-order valence-electron chi connectivity index (χ1n) is 6.65. The highest BCUT2D eigenvalue weighted by molar-refractivity contribution is 7.98. The van der Waals surface area contributed by atoms with Gasteiger partial charge in [0.1, 0.15) is 0 Å². The van der Waals surface area contributed by atoms with Crippen LogP contribution >= 0.6 is 11.8 Å². The molecule has 0 spiro atoms. The number of nitrogens with two attached hydrogens (primary N) is 1. The van der Waals surface area contributed by atoms with Crippen LogP contribution in [0.4, 0.5) is 0 Å². The van der Waals surface area contributed by atoms with Gasteiger partial charge in [0.2, 0.25) is 0 Å². The molecule has 1 aliphatic carbocycles. The van der Waals surface area contributed by atoms with E-state index in [0.29, 0.717) is 5.54 Å². The minimum Gasteiger partial charge on any atom is -0.329 e. The van der Waals surface area contributed by atoms with Gasteiger partial charge in [-0.1, -0.05) is 32.1 Å². The summed E-state index contributed by atoms with van der Waals surface area (Å²) in [5.74, 6) is 1.22. The molecule has 1 aliphatic rings. The average molecular weight is 244 g/mol. The molecule has 0 radical (unpaired) electrons. The van der Waals surface area contributed by atoms with Gasteiger partial charge in [0.05, 0.1) is 0 Å². The van der Waals surface area contributed by atoms with Gasteiger partial charge in [-0.3, -0.25) is 4.90 Å². The van der Waals surface area contributed by atoms with Crippen molar-refractivity contribution in [3.8, 4) is 0 Å². The van der Waals surface area contributed by atoms with Gasteiger partial charge >= 0.3 is 0 Å². The molecule has 0 unspecified atom stereocenters. The number of hydrogen-bond acceptors (Lipinski definition) is 3. The number of rotatable bonds is 5. The maximum atomic E-state index is 6.08. The molecule has 96 valence electrons. The number of nitrogens with zero attached hydrogens (tertiary/aromatic N) is 1. The van der Waals surface area contributed by atoms with Crippen molar-refractivity contribution in [2.75, 3.05) is 32.1 Å². The summed E-state index contributed by atoms with van der Waals surface area (Å²) in [7, 11) is 2.27. The van der Waals surface area contributed by atoms with Gasteiger partial charge in [-0.15, -0.1) is 0 Å². The first-order valence-corrected chi connectivity index (χ1v) is 8.05. The summed E-state index contributed by atoms with van der Waals surface area (Å²) >= 11 is 1.93. The van der Waals surface area contributed by atoms with Crippen molar-refractivity contribution in [1.29, 1.82) is 0 Å². The van der Waals surface area contributed by atoms with Crippen LogP contribution in [0.3, 0.4) is 0 Å². The molecule has 0 bridgehead atoms. The zero-order valence-electron chi connectivity index (χ0n) is 11.0. The van der Waals surface area contributed by atoms with Crippen molar-refractivity contribution in [1.82, 2.24) is 4.90 Å². The van der Waals surface area contributed by atoms with Crippen LogP contribution in [-0.2, 0) is 0 Å². The van der Waals surface area contributed by atoms with Gasteiger partial charge in [0, 0.05) is 24.4 Å². The maximum absolute atomic E-state index is 6.08. The normalized spacial score (nSPS) is 21.8. The van der Waals surface area contributed by atoms with E-state index in [9.17, 15) is 0 Å². The summed E-state index contributed by atoms with van der Waals surface area (Å²) in [6, 6.07) is 0. The highest BCUT2D eigenvalue weighted by Gasteiger charge is 2.32. The van der Waals surface area contributed by atoms with Crippen LogP contribution in [0.5, 0.6) is 0 Å². The van der Waals surface area contributed by atoms with E-state index < -0.39 is 0 Å².